The van der Waals surface area contributed by atoms with Crippen LogP contribution in [0, 0.1) is 0 Å². The molecule has 0 saturated carbocycles. The van der Waals surface area contributed by atoms with Crippen molar-refractivity contribution in [3.63, 3.8) is 0 Å². The van der Waals surface area contributed by atoms with Gasteiger partial charge in [0.1, 0.15) is 12.1 Å². The minimum absolute atomic E-state index is 0.130. The molecular formula is C12H20N2O3. The second kappa shape index (κ2) is 6.39. The Labute approximate surface area is 102 Å². The second-order valence-electron chi connectivity index (χ2n) is 4.35. The van der Waals surface area contributed by atoms with E-state index in [-0.39, 0.29) is 17.9 Å². The van der Waals surface area contributed by atoms with Crippen LogP contribution in [0.15, 0.2) is 12.7 Å². The number of rotatable bonds is 6. The number of nitrogens with one attached hydrogen (secondary N) is 2. The number of piperazine rings is 1. The van der Waals surface area contributed by atoms with Crippen LogP contribution >= 0.6 is 0 Å². The lowest BCUT2D eigenvalue weighted by atomic mass is 10.1. The molecule has 17 heavy (non-hydrogen) atoms. The zero-order valence-corrected chi connectivity index (χ0v) is 10.4. The Morgan fingerprint density at radius 3 is 2.47 bits per heavy atom. The van der Waals surface area contributed by atoms with Crippen molar-refractivity contribution in [1.82, 2.24) is 10.6 Å². The molecule has 1 rings (SSSR count). The largest absolute Gasteiger partial charge is 0.379 e. The van der Waals surface area contributed by atoms with Crippen molar-refractivity contribution in [3.05, 3.63) is 12.7 Å². The maximum Gasteiger partial charge on any atom is 0.243 e. The number of carbonyl (C=O) groups is 2. The van der Waals surface area contributed by atoms with Gasteiger partial charge in [0.2, 0.25) is 11.8 Å². The van der Waals surface area contributed by atoms with E-state index in [2.05, 4.69) is 17.2 Å². The number of ether oxygens (including phenoxy) is 1. The molecule has 0 aromatic heterocycles. The van der Waals surface area contributed by atoms with E-state index in [1.165, 1.54) is 0 Å². The summed E-state index contributed by atoms with van der Waals surface area (Å²) in [6.45, 7) is 7.87. The second-order valence-corrected chi connectivity index (χ2v) is 4.35. The minimum atomic E-state index is -0.484. The third-order valence-corrected chi connectivity index (χ3v) is 2.53. The SMILES string of the molecule is C=CC[C@H]1NC(=O)C(CCOC(C)C)NC1=O. The highest BCUT2D eigenvalue weighted by Crippen LogP contribution is 2.05. The minimum Gasteiger partial charge on any atom is -0.379 e. The molecule has 2 N–H and O–H groups in total. The van der Waals surface area contributed by atoms with Gasteiger partial charge in [-0.05, 0) is 26.7 Å². The van der Waals surface area contributed by atoms with Crippen molar-refractivity contribution in [1.29, 1.82) is 0 Å². The fourth-order valence-corrected chi connectivity index (χ4v) is 1.63. The number of amides is 2. The van der Waals surface area contributed by atoms with Gasteiger partial charge in [-0.25, -0.2) is 0 Å². The van der Waals surface area contributed by atoms with Crippen LogP contribution in [0.2, 0.25) is 0 Å². The maximum absolute atomic E-state index is 11.7. The van der Waals surface area contributed by atoms with Crippen LogP contribution in [0.3, 0.4) is 0 Å². The Hall–Kier alpha value is -1.36. The Morgan fingerprint density at radius 1 is 1.29 bits per heavy atom. The van der Waals surface area contributed by atoms with Crippen LogP contribution in [-0.2, 0) is 14.3 Å². The molecule has 0 aromatic carbocycles. The first kappa shape index (κ1) is 13.7. The van der Waals surface area contributed by atoms with Crippen LogP contribution in [0.1, 0.15) is 26.7 Å². The summed E-state index contributed by atoms with van der Waals surface area (Å²) < 4.78 is 5.36. The zero-order chi connectivity index (χ0) is 12.8. The molecule has 0 aromatic rings. The molecule has 0 spiro atoms. The molecular weight excluding hydrogens is 220 g/mol. The lowest BCUT2D eigenvalue weighted by Crippen LogP contribution is -2.61. The van der Waals surface area contributed by atoms with Gasteiger partial charge in [-0.15, -0.1) is 6.58 Å². The zero-order valence-electron chi connectivity index (χ0n) is 10.4. The molecule has 1 aliphatic rings. The molecule has 1 heterocycles. The summed E-state index contributed by atoms with van der Waals surface area (Å²) >= 11 is 0. The van der Waals surface area contributed by atoms with Gasteiger partial charge in [0.05, 0.1) is 6.10 Å². The van der Waals surface area contributed by atoms with E-state index in [9.17, 15) is 9.59 Å². The Kier molecular flexibility index (Phi) is 5.15. The molecule has 1 aliphatic heterocycles. The van der Waals surface area contributed by atoms with E-state index in [0.717, 1.165) is 0 Å². The van der Waals surface area contributed by atoms with Crippen LogP contribution in [0.4, 0.5) is 0 Å². The monoisotopic (exact) mass is 240 g/mol. The van der Waals surface area contributed by atoms with Gasteiger partial charge in [-0.3, -0.25) is 9.59 Å². The van der Waals surface area contributed by atoms with Crippen molar-refractivity contribution in [2.75, 3.05) is 6.61 Å². The van der Waals surface area contributed by atoms with Crippen LogP contribution in [0.5, 0.6) is 0 Å². The first-order valence-corrected chi connectivity index (χ1v) is 5.88. The summed E-state index contributed by atoms with van der Waals surface area (Å²) in [4.78, 5) is 23.3. The van der Waals surface area contributed by atoms with Crippen molar-refractivity contribution >= 4 is 11.8 Å². The summed E-state index contributed by atoms with van der Waals surface area (Å²) in [6.07, 6.45) is 2.70. The fraction of sp³-hybridized carbons (Fsp3) is 0.667. The van der Waals surface area contributed by atoms with Crippen LogP contribution < -0.4 is 10.6 Å². The maximum atomic E-state index is 11.7. The molecule has 2 amide bonds. The van der Waals surface area contributed by atoms with Crippen molar-refractivity contribution in [2.24, 2.45) is 0 Å². The number of hydrogen-bond donors (Lipinski definition) is 2. The highest BCUT2D eigenvalue weighted by Gasteiger charge is 2.32. The molecule has 5 nitrogen and oxygen atoms in total. The summed E-state index contributed by atoms with van der Waals surface area (Å²) in [5, 5.41) is 5.37. The first-order chi connectivity index (χ1) is 8.04. The lowest BCUT2D eigenvalue weighted by molar-refractivity contribution is -0.137. The predicted molar refractivity (Wildman–Crippen MR) is 64.4 cm³/mol. The van der Waals surface area contributed by atoms with Gasteiger partial charge in [0, 0.05) is 6.61 Å². The van der Waals surface area contributed by atoms with E-state index in [1.807, 2.05) is 13.8 Å². The molecule has 1 fully saturated rings. The van der Waals surface area contributed by atoms with Crippen molar-refractivity contribution in [2.45, 2.75) is 44.9 Å². The topological polar surface area (TPSA) is 67.4 Å². The highest BCUT2D eigenvalue weighted by molar-refractivity contribution is 5.96. The summed E-state index contributed by atoms with van der Waals surface area (Å²) in [5.41, 5.74) is 0. The van der Waals surface area contributed by atoms with E-state index < -0.39 is 12.1 Å². The first-order valence-electron chi connectivity index (χ1n) is 5.88. The summed E-state index contributed by atoms with van der Waals surface area (Å²) in [5.74, 6) is -0.303. The standard InChI is InChI=1S/C12H20N2O3/c1-4-5-9-11(15)14-10(12(16)13-9)6-7-17-8(2)3/h4,8-10H,1,5-7H2,2-3H3,(H,13,16)(H,14,15)/t9-,10?/m1/s1. The van der Waals surface area contributed by atoms with Crippen LogP contribution in [-0.4, -0.2) is 36.6 Å². The third-order valence-electron chi connectivity index (χ3n) is 2.53. The average Bonchev–Trinajstić information content (AvgIpc) is 2.24. The summed E-state index contributed by atoms with van der Waals surface area (Å²) in [7, 11) is 0. The molecule has 1 unspecified atom stereocenters. The average molecular weight is 240 g/mol. The van der Waals surface area contributed by atoms with Crippen LogP contribution in [0.25, 0.3) is 0 Å². The molecule has 96 valence electrons. The fourth-order valence-electron chi connectivity index (χ4n) is 1.63. The lowest BCUT2D eigenvalue weighted by Gasteiger charge is -2.29. The van der Waals surface area contributed by atoms with Crippen molar-refractivity contribution < 1.29 is 14.3 Å². The molecule has 0 radical (unpaired) electrons. The third kappa shape index (κ3) is 4.19. The molecule has 1 saturated heterocycles. The van der Waals surface area contributed by atoms with E-state index in [0.29, 0.717) is 19.4 Å². The predicted octanol–water partition coefficient (Wildman–Crippen LogP) is 0.361. The van der Waals surface area contributed by atoms with Gasteiger partial charge >= 0.3 is 0 Å². The van der Waals surface area contributed by atoms with E-state index in [1.54, 1.807) is 6.08 Å². The Morgan fingerprint density at radius 2 is 1.88 bits per heavy atom. The van der Waals surface area contributed by atoms with Crippen molar-refractivity contribution in [3.8, 4) is 0 Å². The van der Waals surface area contributed by atoms with E-state index >= 15 is 0 Å². The van der Waals surface area contributed by atoms with Gasteiger partial charge in [-0.1, -0.05) is 6.08 Å². The quantitative estimate of drug-likeness (QED) is 0.659. The summed E-state index contributed by atoms with van der Waals surface area (Å²) in [6, 6.07) is -0.968. The van der Waals surface area contributed by atoms with Gasteiger partial charge in [0.15, 0.2) is 0 Å². The highest BCUT2D eigenvalue weighted by atomic mass is 16.5. The molecule has 2 atom stereocenters. The normalized spacial score (nSPS) is 24.4. The molecule has 0 bridgehead atoms. The molecule has 0 aliphatic carbocycles. The van der Waals surface area contributed by atoms with Gasteiger partial charge in [-0.2, -0.15) is 0 Å². The van der Waals surface area contributed by atoms with Gasteiger partial charge < -0.3 is 15.4 Å². The Bertz CT molecular complexity index is 302. The Balaban J connectivity index is 2.41. The van der Waals surface area contributed by atoms with E-state index in [4.69, 9.17) is 4.74 Å². The smallest absolute Gasteiger partial charge is 0.243 e. The molecule has 5 heteroatoms. The number of hydrogen-bond acceptors (Lipinski definition) is 3. The number of carbonyl (C=O) groups excluding carboxylic acids is 2. The van der Waals surface area contributed by atoms with Gasteiger partial charge in [0.25, 0.3) is 0 Å².